The van der Waals surface area contributed by atoms with Crippen molar-refractivity contribution in [3.05, 3.63) is 35.4 Å². The van der Waals surface area contributed by atoms with Crippen LogP contribution < -0.4 is 15.5 Å². The molecule has 7 heteroatoms. The standard InChI is InChI=1S/C25H37N5O2/c1-16-9-10-21-18(13-16)14-20(25(31)27-17(2)26-3)24(29-21)30-12-11-22(23(15-30)32-4)28-19-7-5-6-8-19/h9-10,13-14,17,19,22-23,26,28H,5-8,11-12,15H2,1-4H3,(H,27,31)/p+1. The van der Waals surface area contributed by atoms with Gasteiger partial charge in [-0.2, -0.15) is 4.99 Å². The Labute approximate surface area is 191 Å². The van der Waals surface area contributed by atoms with Crippen molar-refractivity contribution < 1.29 is 9.84 Å². The van der Waals surface area contributed by atoms with Crippen molar-refractivity contribution in [2.45, 2.75) is 70.3 Å². The van der Waals surface area contributed by atoms with Crippen LogP contribution in [0.25, 0.3) is 10.9 Å². The van der Waals surface area contributed by atoms with Gasteiger partial charge in [-0.1, -0.05) is 24.5 Å². The number of nitrogens with zero attached hydrogens (tertiary/aromatic N) is 3. The van der Waals surface area contributed by atoms with Crippen LogP contribution >= 0.6 is 0 Å². The summed E-state index contributed by atoms with van der Waals surface area (Å²) in [6, 6.07) is 9.34. The molecule has 4 rings (SSSR count). The van der Waals surface area contributed by atoms with Gasteiger partial charge in [0, 0.05) is 37.7 Å². The number of aromatic nitrogens is 1. The number of anilines is 1. The molecule has 1 saturated heterocycles. The Hall–Kier alpha value is -2.22. The van der Waals surface area contributed by atoms with Crippen LogP contribution in [-0.2, 0) is 4.74 Å². The molecular weight excluding hydrogens is 402 g/mol. The van der Waals surface area contributed by atoms with Gasteiger partial charge in [0.2, 0.25) is 0 Å². The molecule has 0 spiro atoms. The molecular formula is C25H38N5O2+. The van der Waals surface area contributed by atoms with Crippen LogP contribution in [0, 0.1) is 6.92 Å². The molecule has 32 heavy (non-hydrogen) atoms. The quantitative estimate of drug-likeness (QED) is 0.393. The Morgan fingerprint density at radius 3 is 2.75 bits per heavy atom. The number of pyridine rings is 1. The van der Waals surface area contributed by atoms with Crippen molar-refractivity contribution >= 4 is 22.6 Å². The normalized spacial score (nSPS) is 23.8. The summed E-state index contributed by atoms with van der Waals surface area (Å²) in [5.41, 5.74) is 2.91. The van der Waals surface area contributed by atoms with Gasteiger partial charge < -0.3 is 20.1 Å². The number of hydrogen-bond donors (Lipinski definition) is 2. The second kappa shape index (κ2) is 10.1. The summed E-state index contributed by atoms with van der Waals surface area (Å²) in [4.78, 5) is 11.8. The molecule has 174 valence electrons. The SMILES string of the molecule is CNC(C)/N=C(\[OH2+])c1cc2cc(C)ccc2nc1N1CCC(NC2CCCC2)C(OC)C1. The van der Waals surface area contributed by atoms with Crippen LogP contribution in [0.3, 0.4) is 0 Å². The maximum Gasteiger partial charge on any atom is 0.365 e. The number of ether oxygens (including phenoxy) is 1. The Morgan fingerprint density at radius 2 is 2.03 bits per heavy atom. The van der Waals surface area contributed by atoms with Crippen molar-refractivity contribution in [3.63, 3.8) is 0 Å². The van der Waals surface area contributed by atoms with E-state index >= 15 is 0 Å². The maximum absolute atomic E-state index is 8.72. The summed E-state index contributed by atoms with van der Waals surface area (Å²) >= 11 is 0. The van der Waals surface area contributed by atoms with E-state index in [0.29, 0.717) is 12.1 Å². The Balaban J connectivity index is 1.65. The lowest BCUT2D eigenvalue weighted by atomic mass is 9.99. The molecule has 0 amide bonds. The van der Waals surface area contributed by atoms with Gasteiger partial charge in [0.1, 0.15) is 17.5 Å². The van der Waals surface area contributed by atoms with Crippen molar-refractivity contribution in [1.29, 1.82) is 0 Å². The number of aryl methyl sites for hydroxylation is 1. The molecule has 7 nitrogen and oxygen atoms in total. The molecule has 3 atom stereocenters. The number of fused-ring (bicyclic) bond motifs is 1. The van der Waals surface area contributed by atoms with Crippen LogP contribution in [0.1, 0.15) is 50.2 Å². The molecule has 2 heterocycles. The van der Waals surface area contributed by atoms with Crippen molar-refractivity contribution in [1.82, 2.24) is 15.6 Å². The van der Waals surface area contributed by atoms with Crippen LogP contribution in [0.5, 0.6) is 0 Å². The first-order valence-electron chi connectivity index (χ1n) is 11.9. The molecule has 2 aliphatic rings. The van der Waals surface area contributed by atoms with Gasteiger partial charge in [0.25, 0.3) is 0 Å². The largest absolute Gasteiger partial charge is 0.578 e. The Kier molecular flexibility index (Phi) is 7.28. The van der Waals surface area contributed by atoms with E-state index in [-0.39, 0.29) is 18.2 Å². The average molecular weight is 441 g/mol. The number of methoxy groups -OCH3 is 1. The Morgan fingerprint density at radius 1 is 1.25 bits per heavy atom. The second-order valence-electron chi connectivity index (χ2n) is 9.26. The molecule has 0 bridgehead atoms. The summed E-state index contributed by atoms with van der Waals surface area (Å²) in [7, 11) is 3.66. The highest BCUT2D eigenvalue weighted by Gasteiger charge is 2.34. The second-order valence-corrected chi connectivity index (χ2v) is 9.26. The summed E-state index contributed by atoms with van der Waals surface area (Å²) in [5.74, 6) is 1.10. The fraction of sp³-hybridized carbons (Fsp3) is 0.600. The van der Waals surface area contributed by atoms with Crippen LogP contribution in [0.15, 0.2) is 29.3 Å². The predicted octanol–water partition coefficient (Wildman–Crippen LogP) is 2.71. The molecule has 0 radical (unpaired) electrons. The number of hydrogen-bond acceptors (Lipinski definition) is 6. The first-order valence-corrected chi connectivity index (χ1v) is 11.9. The number of nitrogens with one attached hydrogen (secondary N) is 2. The minimum Gasteiger partial charge on any atom is -0.578 e. The smallest absolute Gasteiger partial charge is 0.365 e. The van der Waals surface area contributed by atoms with Gasteiger partial charge in [0.05, 0.1) is 11.6 Å². The highest BCUT2D eigenvalue weighted by Crippen LogP contribution is 2.29. The van der Waals surface area contributed by atoms with E-state index in [0.717, 1.165) is 41.8 Å². The van der Waals surface area contributed by atoms with Crippen molar-refractivity contribution in [2.24, 2.45) is 4.99 Å². The molecule has 1 aromatic heterocycles. The molecule has 2 aromatic rings. The molecule has 3 unspecified atom stereocenters. The zero-order chi connectivity index (χ0) is 22.7. The van der Waals surface area contributed by atoms with E-state index < -0.39 is 0 Å². The maximum atomic E-state index is 8.72. The van der Waals surface area contributed by atoms with Gasteiger partial charge >= 0.3 is 5.90 Å². The minimum atomic E-state index is -0.128. The van der Waals surface area contributed by atoms with E-state index in [1.54, 1.807) is 7.11 Å². The van der Waals surface area contributed by atoms with Crippen LogP contribution in [0.4, 0.5) is 5.82 Å². The monoisotopic (exact) mass is 440 g/mol. The van der Waals surface area contributed by atoms with E-state index in [9.17, 15) is 0 Å². The van der Waals surface area contributed by atoms with Gasteiger partial charge in [-0.15, -0.1) is 0 Å². The van der Waals surface area contributed by atoms with Crippen molar-refractivity contribution in [2.75, 3.05) is 32.1 Å². The highest BCUT2D eigenvalue weighted by molar-refractivity contribution is 6.01. The molecule has 1 aliphatic carbocycles. The zero-order valence-corrected chi connectivity index (χ0v) is 19.8. The number of piperidine rings is 1. The first kappa shape index (κ1) is 23.0. The van der Waals surface area contributed by atoms with E-state index in [2.05, 4.69) is 51.7 Å². The van der Waals surface area contributed by atoms with Crippen LogP contribution in [0.2, 0.25) is 0 Å². The van der Waals surface area contributed by atoms with E-state index in [4.69, 9.17) is 14.8 Å². The van der Waals surface area contributed by atoms with Gasteiger partial charge in [-0.25, -0.2) is 4.98 Å². The van der Waals surface area contributed by atoms with E-state index in [1.165, 1.54) is 31.2 Å². The lowest BCUT2D eigenvalue weighted by Gasteiger charge is -2.40. The third kappa shape index (κ3) is 5.05. The van der Waals surface area contributed by atoms with Crippen LogP contribution in [-0.4, -0.2) is 67.6 Å². The zero-order valence-electron chi connectivity index (χ0n) is 19.8. The summed E-state index contributed by atoms with van der Waals surface area (Å²) in [6.45, 7) is 5.68. The average Bonchev–Trinajstić information content (AvgIpc) is 3.31. The third-order valence-corrected chi connectivity index (χ3v) is 6.91. The number of rotatable bonds is 7. The van der Waals surface area contributed by atoms with Gasteiger partial charge in [-0.3, -0.25) is 5.32 Å². The predicted molar refractivity (Wildman–Crippen MR) is 132 cm³/mol. The molecule has 1 saturated carbocycles. The molecule has 1 aromatic carbocycles. The minimum absolute atomic E-state index is 0.0927. The summed E-state index contributed by atoms with van der Waals surface area (Å²) in [5, 5.41) is 16.7. The fourth-order valence-electron chi connectivity index (χ4n) is 4.96. The molecule has 1 aliphatic heterocycles. The lowest BCUT2D eigenvalue weighted by molar-refractivity contribution is 0.0558. The lowest BCUT2D eigenvalue weighted by Crippen LogP contribution is -2.55. The topological polar surface area (TPSA) is 84.7 Å². The van der Waals surface area contributed by atoms with Gasteiger partial charge in [-0.05, 0) is 58.4 Å². The molecule has 2 fully saturated rings. The van der Waals surface area contributed by atoms with Gasteiger partial charge in [0.15, 0.2) is 0 Å². The van der Waals surface area contributed by atoms with Crippen molar-refractivity contribution in [3.8, 4) is 0 Å². The summed E-state index contributed by atoms with van der Waals surface area (Å²) in [6.07, 6.45) is 6.17. The Bertz CT molecular complexity index is 957. The fourth-order valence-corrected chi connectivity index (χ4v) is 4.96. The summed E-state index contributed by atoms with van der Waals surface area (Å²) < 4.78 is 5.93. The number of aliphatic imine (C=N–C) groups is 1. The first-order chi connectivity index (χ1) is 15.5. The highest BCUT2D eigenvalue weighted by atomic mass is 16.5. The third-order valence-electron chi connectivity index (χ3n) is 6.91. The number of benzene rings is 1. The molecule has 4 N–H and O–H groups in total. The van der Waals surface area contributed by atoms with E-state index in [1.807, 2.05) is 14.0 Å².